The van der Waals surface area contributed by atoms with Gasteiger partial charge in [0.15, 0.2) is 30.1 Å². The topological polar surface area (TPSA) is 614 Å². The molecule has 24 N–H and O–H groups in total. The molecule has 4 fully saturated rings. The van der Waals surface area contributed by atoms with Gasteiger partial charge in [-0.05, 0) is 116 Å². The number of nitrogens with two attached hydrogens (primary N) is 2. The number of phenols is 3. The quantitative estimate of drug-likeness (QED) is 0.0429. The highest BCUT2D eigenvalue weighted by Crippen LogP contribution is 2.50. The van der Waals surface area contributed by atoms with Crippen molar-refractivity contribution in [3.8, 4) is 57.1 Å². The lowest BCUT2D eigenvalue weighted by Crippen LogP contribution is -2.65. The van der Waals surface area contributed by atoms with Crippen molar-refractivity contribution in [1.29, 1.82) is 0 Å². The van der Waals surface area contributed by atoms with Crippen molar-refractivity contribution >= 4 is 70.5 Å². The number of benzene rings is 6. The van der Waals surface area contributed by atoms with Crippen LogP contribution >= 0.6 is 23.2 Å². The number of hydrogen-bond acceptors (Lipinski definition) is 32. The number of carbonyl (C=O) groups excluding carboxylic acids is 7. The van der Waals surface area contributed by atoms with Crippen LogP contribution in [0.2, 0.25) is 10.0 Å². The predicted octanol–water partition coefficient (Wildman–Crippen LogP) is -0.571. The van der Waals surface area contributed by atoms with Gasteiger partial charge in [-0.25, -0.2) is 4.79 Å². The molecule has 2 unspecified atom stereocenters. The molecule has 9 heterocycles. The monoisotopic (exact) mass is 1800 g/mol. The van der Waals surface area contributed by atoms with Gasteiger partial charge in [0.25, 0.3) is 0 Å². The number of carboxylic acid groups (broad SMARTS) is 1. The number of carbonyl (C=O) groups is 8. The second-order valence-corrected chi connectivity index (χ2v) is 33.5. The van der Waals surface area contributed by atoms with Crippen LogP contribution in [-0.2, 0) is 73.3 Å². The van der Waals surface area contributed by atoms with Crippen LogP contribution < -0.4 is 68.2 Å². The number of primary amides is 1. The summed E-state index contributed by atoms with van der Waals surface area (Å²) in [5, 5.41) is 160. The molecule has 0 saturated carbocycles. The van der Waals surface area contributed by atoms with E-state index in [1.807, 2.05) is 44.2 Å². The van der Waals surface area contributed by atoms with E-state index in [-0.39, 0.29) is 54.6 Å². The summed E-state index contributed by atoms with van der Waals surface area (Å²) in [7, 11) is 1.46. The van der Waals surface area contributed by atoms with Gasteiger partial charge in [0, 0.05) is 67.4 Å². The van der Waals surface area contributed by atoms with Crippen LogP contribution in [0.3, 0.4) is 0 Å². The molecular weight excluding hydrogens is 1700 g/mol. The maximum atomic E-state index is 16.4. The molecule has 4 saturated heterocycles. The number of ether oxygens (including phenoxy) is 9. The summed E-state index contributed by atoms with van der Waals surface area (Å²) in [6, 6.07) is 8.87. The average molecular weight is 1800 g/mol. The highest BCUT2D eigenvalue weighted by Gasteiger charge is 2.53. The van der Waals surface area contributed by atoms with Crippen molar-refractivity contribution in [2.45, 2.75) is 200 Å². The van der Waals surface area contributed by atoms with Crippen LogP contribution in [-0.4, -0.2) is 276 Å². The van der Waals surface area contributed by atoms with E-state index in [0.29, 0.717) is 26.2 Å². The first-order valence-electron chi connectivity index (χ1n) is 40.6. The van der Waals surface area contributed by atoms with Gasteiger partial charge in [-0.15, -0.1) is 0 Å². The number of nitrogens with one attached hydrogen (secondary N) is 8. The third kappa shape index (κ3) is 20.8. The van der Waals surface area contributed by atoms with E-state index in [0.717, 1.165) is 72.3 Å². The summed E-state index contributed by atoms with van der Waals surface area (Å²) in [4.78, 5) is 123. The minimum atomic E-state index is -2.42. The number of fused-ring (bicyclic) bond motifs is 15. The Morgan fingerprint density at radius 3 is 1.97 bits per heavy atom. The summed E-state index contributed by atoms with van der Waals surface area (Å²) >= 11 is 14.5. The average Bonchev–Trinajstić information content (AvgIpc) is 0.766. The molecule has 9 aliphatic heterocycles. The number of aromatic hydroxyl groups is 3. The molecule has 680 valence electrons. The first-order valence-corrected chi connectivity index (χ1v) is 41.3. The van der Waals surface area contributed by atoms with Crippen molar-refractivity contribution in [3.63, 3.8) is 0 Å². The Balaban J connectivity index is 0.956. The van der Waals surface area contributed by atoms with Gasteiger partial charge in [0.05, 0.1) is 54.0 Å². The molecule has 11 bridgehead atoms. The summed E-state index contributed by atoms with van der Waals surface area (Å²) in [5.41, 5.74) is 9.12. The lowest BCUT2D eigenvalue weighted by Gasteiger charge is -2.46. The summed E-state index contributed by atoms with van der Waals surface area (Å²) in [5.74, 6) is -16.6. The number of likely N-dealkylation sites (N-methyl/N-ethyl adjacent to an activating group) is 1. The zero-order valence-corrected chi connectivity index (χ0v) is 70.0. The number of halogens is 2. The van der Waals surface area contributed by atoms with Gasteiger partial charge in [0.2, 0.25) is 53.4 Å². The molecule has 15 rings (SSSR count). The number of nitrogens with zero attached hydrogens (tertiary/aromatic N) is 1. The molecule has 0 radical (unpaired) electrons. The van der Waals surface area contributed by atoms with Crippen LogP contribution in [0.25, 0.3) is 11.1 Å². The van der Waals surface area contributed by atoms with E-state index in [2.05, 4.69) is 47.4 Å². The van der Waals surface area contributed by atoms with Gasteiger partial charge in [-0.2, -0.15) is 0 Å². The number of aliphatic hydroxyl groups excluding tert-OH is 8. The number of amides is 7. The van der Waals surface area contributed by atoms with E-state index in [1.165, 1.54) is 33.0 Å². The normalized spacial score (nSPS) is 31.1. The number of morpholine rings is 1. The van der Waals surface area contributed by atoms with Crippen molar-refractivity contribution in [2.24, 2.45) is 17.4 Å². The number of hydrogen-bond donors (Lipinski definition) is 22. The Morgan fingerprint density at radius 1 is 0.675 bits per heavy atom. The van der Waals surface area contributed by atoms with Crippen molar-refractivity contribution in [2.75, 3.05) is 46.4 Å². The fourth-order valence-corrected chi connectivity index (χ4v) is 16.7. The first-order chi connectivity index (χ1) is 59.9. The SMILES string of the molecule is CN[C@H](CC(C)C)C(=O)NC1C(=O)N[C@H](CC(N)=O)C(=O)N[C@H]2C(=O)N[C@H]3C(=O)N[C@H](C(=O)N[C@@H](C(=O)O)c4cc(O)cc(O)c4-c4cc3ccc4O)[C@H](O[C@H]3C[C@](C)(N)[C@@H](O)[C@H](C)O3)c3ccc(c(Cl)c3)Oc3cc2cc(c3O[C@@H]2O[C@H](CO)[C@@H](O[C@@H]3O[C@H](CNCC4CN(Cc5ccccc5)CCO4)[C@H](O)[C@H](O)[C@H]3O)[C@H](O)[C@H]2O)Oc2ccc(cc2Cl)[C@H]1O. The summed E-state index contributed by atoms with van der Waals surface area (Å²) < 4.78 is 57.4. The van der Waals surface area contributed by atoms with Gasteiger partial charge in [0.1, 0.15) is 120 Å². The lowest BCUT2D eigenvalue weighted by molar-refractivity contribution is -0.350. The van der Waals surface area contributed by atoms with Crippen LogP contribution in [0.1, 0.15) is 111 Å². The number of aliphatic hydroxyl groups is 8. The zero-order valence-electron chi connectivity index (χ0n) is 68.5. The molecular formula is C84H101Cl2N11O29. The number of carboxylic acids is 1. The maximum absolute atomic E-state index is 16.4. The smallest absolute Gasteiger partial charge is 0.330 e. The maximum Gasteiger partial charge on any atom is 0.330 e. The predicted molar refractivity (Wildman–Crippen MR) is 439 cm³/mol. The van der Waals surface area contributed by atoms with E-state index in [9.17, 15) is 75.7 Å². The summed E-state index contributed by atoms with van der Waals surface area (Å²) in [6.07, 6.45) is -29.4. The minimum absolute atomic E-state index is 0.128. The van der Waals surface area contributed by atoms with Gasteiger partial charge in [-0.1, -0.05) is 85.6 Å². The molecule has 40 nitrogen and oxygen atoms in total. The number of phenolic OH excluding ortho intramolecular Hbond substituents is 3. The molecule has 0 aliphatic carbocycles. The first kappa shape index (κ1) is 93.4. The highest BCUT2D eigenvalue weighted by molar-refractivity contribution is 6.32. The fourth-order valence-electron chi connectivity index (χ4n) is 16.3. The van der Waals surface area contributed by atoms with Crippen LogP contribution in [0.15, 0.2) is 109 Å². The van der Waals surface area contributed by atoms with E-state index in [1.54, 1.807) is 0 Å². The van der Waals surface area contributed by atoms with Crippen LogP contribution in [0.4, 0.5) is 0 Å². The molecule has 0 aromatic heterocycles. The summed E-state index contributed by atoms with van der Waals surface area (Å²) in [6.45, 7) is 7.79. The molecule has 7 amide bonds. The molecule has 24 atom stereocenters. The molecule has 0 spiro atoms. The Labute approximate surface area is 729 Å². The van der Waals surface area contributed by atoms with E-state index >= 15 is 24.0 Å². The van der Waals surface area contributed by atoms with Crippen molar-refractivity contribution < 1.29 is 142 Å². The van der Waals surface area contributed by atoms with E-state index < -0.39 is 279 Å². The fraction of sp³-hybridized carbons (Fsp3) is 0.476. The number of rotatable bonds is 21. The molecule has 126 heavy (non-hydrogen) atoms. The largest absolute Gasteiger partial charge is 0.508 e. The molecule has 6 aromatic carbocycles. The highest BCUT2D eigenvalue weighted by atomic mass is 35.5. The lowest BCUT2D eigenvalue weighted by atomic mass is 9.86. The molecule has 9 aliphatic rings. The van der Waals surface area contributed by atoms with Crippen molar-refractivity contribution in [3.05, 3.63) is 153 Å². The third-order valence-corrected chi connectivity index (χ3v) is 23.5. The molecule has 6 aromatic rings. The van der Waals surface area contributed by atoms with Gasteiger partial charge < -0.3 is 158 Å². The Bertz CT molecular complexity index is 5020. The Hall–Kier alpha value is -10.3. The zero-order chi connectivity index (χ0) is 90.8. The second kappa shape index (κ2) is 39.5. The Kier molecular flexibility index (Phi) is 29.3. The van der Waals surface area contributed by atoms with Gasteiger partial charge in [-0.3, -0.25) is 38.5 Å². The van der Waals surface area contributed by atoms with Crippen LogP contribution in [0, 0.1) is 5.92 Å². The van der Waals surface area contributed by atoms with Crippen LogP contribution in [0.5, 0.6) is 46.0 Å². The number of aliphatic carboxylic acids is 1. The second-order valence-electron chi connectivity index (χ2n) is 32.7. The third-order valence-electron chi connectivity index (χ3n) is 22.9. The van der Waals surface area contributed by atoms with E-state index in [4.69, 9.17) is 77.3 Å². The van der Waals surface area contributed by atoms with Crippen molar-refractivity contribution in [1.82, 2.24) is 47.4 Å². The Morgan fingerprint density at radius 2 is 1.32 bits per heavy atom. The minimum Gasteiger partial charge on any atom is -0.508 e. The van der Waals surface area contributed by atoms with Gasteiger partial charge >= 0.3 is 5.97 Å². The standard InChI is InChI=1S/C84H101Cl2N11O29/c1-34(2)19-47(89-5)75(110)95-63-65(103)38-12-15-51(45(85)21-38)120-53-23-40-24-54(72(53)125-83-70(108)68(106)73(56(33-98)123-83)126-82-69(107)67(105)66(104)55(122-82)30-90-29-42-32-97(17-18-118-42)31-36-9-7-6-8-10-36)121-52-16-13-39(22-46(52)86)71(124-58-28-84(4,88)74(109)35(3)119-58)64-80(115)94-62(81(116)117)44-25-41(99)26-50(101)59(44)43-20-37(11-14-49(43)100)60(77(112)96-64)93-78(113)61(40)92-76(111)48(27-57(87)102)91-79(63)114/h6-16,20-26,34-35,42,47-48,55-56,58,60-71,73-74,82-83,89-90,98-101,103-109H,17-19,27-33,88H2,1-5H3,(H2,87,102)(H,91,114)(H,92,111)(H,93,113)(H,94,115)(H,95,110)(H,96,112)(H,116,117)/t35-,42?,47+,48+,55+,56+,58-,60+,61+,62+,63?,64-,65+,66-,67-,68+,69+,70+,71+,73+,74-,82-,83-,84-/m0/s1. The molecule has 42 heteroatoms.